The van der Waals surface area contributed by atoms with E-state index in [1.165, 1.54) is 12.1 Å². The zero-order valence-electron chi connectivity index (χ0n) is 9.55. The number of nitrogens with zero attached hydrogens (tertiary/aromatic N) is 1. The molecule has 104 valence electrons. The molecule has 20 heavy (non-hydrogen) atoms. The van der Waals surface area contributed by atoms with E-state index in [9.17, 15) is 13.6 Å². The van der Waals surface area contributed by atoms with Crippen molar-refractivity contribution in [3.05, 3.63) is 56.2 Å². The Labute approximate surface area is 131 Å². The molecule has 2 aromatic rings. The number of rotatable bonds is 2. The summed E-state index contributed by atoms with van der Waals surface area (Å²) in [4.78, 5) is 15.7. The van der Waals surface area contributed by atoms with Crippen LogP contribution in [0.5, 0.6) is 0 Å². The topological polar surface area (TPSA) is 42.0 Å². The quantitative estimate of drug-likeness (QED) is 0.767. The zero-order valence-corrected chi connectivity index (χ0v) is 12.7. The van der Waals surface area contributed by atoms with Gasteiger partial charge in [0.2, 0.25) is 0 Å². The first-order valence-electron chi connectivity index (χ1n) is 5.16. The molecule has 0 saturated heterocycles. The summed E-state index contributed by atoms with van der Waals surface area (Å²) in [6, 6.07) is 4.41. The van der Waals surface area contributed by atoms with Crippen LogP contribution >= 0.6 is 39.1 Å². The number of hydrogen-bond donors (Lipinski definition) is 1. The first-order valence-corrected chi connectivity index (χ1v) is 6.71. The third kappa shape index (κ3) is 3.26. The smallest absolute Gasteiger partial charge is 0.258 e. The maximum atomic E-state index is 13.6. The highest BCUT2D eigenvalue weighted by molar-refractivity contribution is 9.10. The van der Waals surface area contributed by atoms with Gasteiger partial charge in [0.25, 0.3) is 5.91 Å². The Kier molecular flexibility index (Phi) is 4.57. The molecule has 0 bridgehead atoms. The first-order chi connectivity index (χ1) is 9.38. The molecule has 1 amide bonds. The molecule has 2 rings (SSSR count). The molecule has 0 saturated carbocycles. The van der Waals surface area contributed by atoms with Crippen molar-refractivity contribution in [2.45, 2.75) is 0 Å². The minimum atomic E-state index is -0.914. The second-order valence-corrected chi connectivity index (χ2v) is 5.27. The Balaban J connectivity index is 2.33. The fourth-order valence-electron chi connectivity index (χ4n) is 1.42. The Morgan fingerprint density at radius 1 is 1.25 bits per heavy atom. The van der Waals surface area contributed by atoms with Gasteiger partial charge in [0, 0.05) is 10.5 Å². The predicted octanol–water partition coefficient (Wildman–Crippen LogP) is 4.68. The van der Waals surface area contributed by atoms with Crippen LogP contribution in [0.4, 0.5) is 14.5 Å². The Hall–Kier alpha value is -1.24. The summed E-state index contributed by atoms with van der Waals surface area (Å²) >= 11 is 14.4. The summed E-state index contributed by atoms with van der Waals surface area (Å²) in [5.74, 6) is -2.37. The molecular formula is C12H5BrCl2F2N2O. The Morgan fingerprint density at radius 3 is 2.55 bits per heavy atom. The lowest BCUT2D eigenvalue weighted by Crippen LogP contribution is -2.14. The lowest BCUT2D eigenvalue weighted by atomic mass is 10.2. The second kappa shape index (κ2) is 6.03. The fourth-order valence-corrected chi connectivity index (χ4v) is 2.36. The lowest BCUT2D eigenvalue weighted by molar-refractivity contribution is 0.102. The van der Waals surface area contributed by atoms with Gasteiger partial charge in [-0.3, -0.25) is 4.79 Å². The standard InChI is InChI=1S/C12H5BrCl2F2N2O/c13-7-3-5(16)4-8(17)10(7)19-12(20)6-1-2-9(14)18-11(6)15/h1-4H,(H,19,20). The number of benzene rings is 1. The summed E-state index contributed by atoms with van der Waals surface area (Å²) in [5.41, 5.74) is -0.172. The van der Waals surface area contributed by atoms with E-state index in [0.29, 0.717) is 6.07 Å². The number of nitrogens with one attached hydrogen (secondary N) is 1. The predicted molar refractivity (Wildman–Crippen MR) is 76.3 cm³/mol. The second-order valence-electron chi connectivity index (χ2n) is 3.67. The van der Waals surface area contributed by atoms with Gasteiger partial charge >= 0.3 is 0 Å². The minimum Gasteiger partial charge on any atom is -0.318 e. The van der Waals surface area contributed by atoms with Crippen LogP contribution in [0.1, 0.15) is 10.4 Å². The normalized spacial score (nSPS) is 10.4. The molecule has 1 heterocycles. The molecule has 1 aromatic heterocycles. The monoisotopic (exact) mass is 380 g/mol. The van der Waals surface area contributed by atoms with E-state index in [1.807, 2.05) is 0 Å². The number of aromatic nitrogens is 1. The molecule has 0 radical (unpaired) electrons. The molecule has 0 aliphatic rings. The molecule has 0 unspecified atom stereocenters. The maximum Gasteiger partial charge on any atom is 0.258 e. The molecule has 0 atom stereocenters. The number of pyridine rings is 1. The van der Waals surface area contributed by atoms with Crippen LogP contribution in [0.25, 0.3) is 0 Å². The molecule has 1 aromatic carbocycles. The number of carbonyl (C=O) groups excluding carboxylic acids is 1. The SMILES string of the molecule is O=C(Nc1c(F)cc(F)cc1Br)c1ccc(Cl)nc1Cl. The van der Waals surface area contributed by atoms with Crippen LogP contribution in [-0.4, -0.2) is 10.9 Å². The number of anilines is 1. The highest BCUT2D eigenvalue weighted by atomic mass is 79.9. The van der Waals surface area contributed by atoms with Crippen molar-refractivity contribution in [3.8, 4) is 0 Å². The fraction of sp³-hybridized carbons (Fsp3) is 0. The lowest BCUT2D eigenvalue weighted by Gasteiger charge is -2.09. The van der Waals surface area contributed by atoms with Crippen molar-refractivity contribution in [3.63, 3.8) is 0 Å². The molecule has 3 nitrogen and oxygen atoms in total. The van der Waals surface area contributed by atoms with Crippen LogP contribution < -0.4 is 5.32 Å². The van der Waals surface area contributed by atoms with Crippen LogP contribution in [-0.2, 0) is 0 Å². The van der Waals surface area contributed by atoms with E-state index in [1.54, 1.807) is 0 Å². The van der Waals surface area contributed by atoms with Gasteiger partial charge in [0.1, 0.15) is 16.1 Å². The number of carbonyl (C=O) groups is 1. The molecule has 8 heteroatoms. The third-order valence-electron chi connectivity index (χ3n) is 2.30. The van der Waals surface area contributed by atoms with Crippen molar-refractivity contribution in [1.82, 2.24) is 4.98 Å². The van der Waals surface area contributed by atoms with Gasteiger partial charge in [-0.15, -0.1) is 0 Å². The van der Waals surface area contributed by atoms with Gasteiger partial charge < -0.3 is 5.32 Å². The van der Waals surface area contributed by atoms with Crippen molar-refractivity contribution >= 4 is 50.7 Å². The molecule has 1 N–H and O–H groups in total. The number of amides is 1. The molecule has 0 aliphatic heterocycles. The van der Waals surface area contributed by atoms with Crippen molar-refractivity contribution in [2.75, 3.05) is 5.32 Å². The van der Waals surface area contributed by atoms with E-state index < -0.39 is 17.5 Å². The van der Waals surface area contributed by atoms with E-state index in [2.05, 4.69) is 26.2 Å². The molecule has 0 spiro atoms. The third-order valence-corrected chi connectivity index (χ3v) is 3.43. The highest BCUT2D eigenvalue weighted by Crippen LogP contribution is 2.28. The van der Waals surface area contributed by atoms with E-state index >= 15 is 0 Å². The van der Waals surface area contributed by atoms with Gasteiger partial charge in [0.15, 0.2) is 5.82 Å². The number of halogens is 5. The molecular weight excluding hydrogens is 377 g/mol. The van der Waals surface area contributed by atoms with Crippen molar-refractivity contribution in [1.29, 1.82) is 0 Å². The van der Waals surface area contributed by atoms with Crippen molar-refractivity contribution < 1.29 is 13.6 Å². The summed E-state index contributed by atoms with van der Waals surface area (Å²) in [5, 5.41) is 2.30. The minimum absolute atomic E-state index is 0.0201. The van der Waals surface area contributed by atoms with Crippen LogP contribution in [0.15, 0.2) is 28.7 Å². The molecule has 0 aliphatic carbocycles. The van der Waals surface area contributed by atoms with Gasteiger partial charge in [0.05, 0.1) is 11.3 Å². The van der Waals surface area contributed by atoms with Gasteiger partial charge in [-0.25, -0.2) is 13.8 Å². The van der Waals surface area contributed by atoms with E-state index in [-0.39, 0.29) is 26.0 Å². The molecule has 0 fully saturated rings. The average molecular weight is 382 g/mol. The largest absolute Gasteiger partial charge is 0.318 e. The first kappa shape index (κ1) is 15.2. The average Bonchev–Trinajstić information content (AvgIpc) is 2.33. The van der Waals surface area contributed by atoms with Gasteiger partial charge in [-0.05, 0) is 34.1 Å². The van der Waals surface area contributed by atoms with Gasteiger partial charge in [-0.1, -0.05) is 23.2 Å². The van der Waals surface area contributed by atoms with Crippen LogP contribution in [0.2, 0.25) is 10.3 Å². The number of hydrogen-bond acceptors (Lipinski definition) is 2. The van der Waals surface area contributed by atoms with Crippen LogP contribution in [0, 0.1) is 11.6 Å². The summed E-state index contributed by atoms with van der Waals surface area (Å²) in [7, 11) is 0. The Bertz CT molecular complexity index is 674. The Morgan fingerprint density at radius 2 is 1.95 bits per heavy atom. The van der Waals surface area contributed by atoms with Crippen LogP contribution in [0.3, 0.4) is 0 Å². The maximum absolute atomic E-state index is 13.6. The van der Waals surface area contributed by atoms with Crippen molar-refractivity contribution in [2.24, 2.45) is 0 Å². The summed E-state index contributed by atoms with van der Waals surface area (Å²) < 4.78 is 26.6. The summed E-state index contributed by atoms with van der Waals surface area (Å²) in [6.45, 7) is 0. The highest BCUT2D eigenvalue weighted by Gasteiger charge is 2.16. The zero-order chi connectivity index (χ0) is 14.9. The van der Waals surface area contributed by atoms with E-state index in [4.69, 9.17) is 23.2 Å². The van der Waals surface area contributed by atoms with Gasteiger partial charge in [-0.2, -0.15) is 0 Å². The van der Waals surface area contributed by atoms with E-state index in [0.717, 1.165) is 6.07 Å². The summed E-state index contributed by atoms with van der Waals surface area (Å²) in [6.07, 6.45) is 0.